The van der Waals surface area contributed by atoms with E-state index in [9.17, 15) is 4.79 Å². The largest absolute Gasteiger partial charge is 0.476 e. The molecule has 1 aromatic heterocycles. The van der Waals surface area contributed by atoms with Crippen molar-refractivity contribution in [2.45, 2.75) is 20.4 Å². The van der Waals surface area contributed by atoms with Crippen molar-refractivity contribution in [2.24, 2.45) is 0 Å². The number of hydrogen-bond acceptors (Lipinski definition) is 4. The molecule has 0 aliphatic carbocycles. The first kappa shape index (κ1) is 12.6. The van der Waals surface area contributed by atoms with E-state index < -0.39 is 5.97 Å². The number of nitrogens with zero attached hydrogens (tertiary/aromatic N) is 1. The van der Waals surface area contributed by atoms with Gasteiger partial charge in [0, 0.05) is 11.4 Å². The molecule has 0 unspecified atom stereocenters. The molecule has 2 N–H and O–H groups in total. The minimum atomic E-state index is -0.979. The molecule has 0 spiro atoms. The second-order valence-electron chi connectivity index (χ2n) is 4.01. The van der Waals surface area contributed by atoms with Crippen LogP contribution in [0.25, 0.3) is 0 Å². The molecule has 1 heterocycles. The number of carboxylic acids is 1. The lowest BCUT2D eigenvalue weighted by Crippen LogP contribution is -2.02. The second kappa shape index (κ2) is 5.18. The topological polar surface area (TPSA) is 62.2 Å². The number of aromatic nitrogens is 1. The number of anilines is 1. The van der Waals surface area contributed by atoms with Gasteiger partial charge in [-0.25, -0.2) is 9.78 Å². The fraction of sp³-hybridized carbons (Fsp3) is 0.231. The van der Waals surface area contributed by atoms with Crippen molar-refractivity contribution in [3.8, 4) is 0 Å². The maximum Gasteiger partial charge on any atom is 0.355 e. The lowest BCUT2D eigenvalue weighted by molar-refractivity contribution is 0.0690. The molecule has 0 aliphatic rings. The number of thiazole rings is 1. The summed E-state index contributed by atoms with van der Waals surface area (Å²) in [6, 6.07) is 8.07. The van der Waals surface area contributed by atoms with Gasteiger partial charge in [0.1, 0.15) is 0 Å². The highest BCUT2D eigenvalue weighted by atomic mass is 32.1. The average Bonchev–Trinajstić information content (AvgIpc) is 2.70. The lowest BCUT2D eigenvalue weighted by atomic mass is 10.1. The summed E-state index contributed by atoms with van der Waals surface area (Å²) in [5.41, 5.74) is 2.52. The van der Waals surface area contributed by atoms with Crippen LogP contribution in [0.2, 0.25) is 0 Å². The number of carboxylic acid groups (broad SMARTS) is 1. The Balaban J connectivity index is 2.09. The minimum Gasteiger partial charge on any atom is -0.476 e. The third-order valence-corrected chi connectivity index (χ3v) is 3.62. The third kappa shape index (κ3) is 2.68. The van der Waals surface area contributed by atoms with E-state index >= 15 is 0 Å². The van der Waals surface area contributed by atoms with Gasteiger partial charge in [-0.1, -0.05) is 24.3 Å². The molecule has 2 aromatic rings. The summed E-state index contributed by atoms with van der Waals surface area (Å²) >= 11 is 1.36. The van der Waals surface area contributed by atoms with Crippen molar-refractivity contribution in [2.75, 3.05) is 5.32 Å². The van der Waals surface area contributed by atoms with E-state index in [1.54, 1.807) is 6.92 Å². The number of rotatable bonds is 4. The molecule has 0 saturated carbocycles. The van der Waals surface area contributed by atoms with Crippen molar-refractivity contribution in [3.05, 3.63) is 46.0 Å². The van der Waals surface area contributed by atoms with Crippen molar-refractivity contribution in [3.63, 3.8) is 0 Å². The molecule has 0 fully saturated rings. The van der Waals surface area contributed by atoms with Crippen LogP contribution in [0.5, 0.6) is 0 Å². The van der Waals surface area contributed by atoms with Crippen molar-refractivity contribution < 1.29 is 9.90 Å². The van der Waals surface area contributed by atoms with Crippen LogP contribution in [0.1, 0.15) is 26.5 Å². The summed E-state index contributed by atoms with van der Waals surface area (Å²) in [4.78, 5) is 15.7. The van der Waals surface area contributed by atoms with Crippen molar-refractivity contribution >= 4 is 22.4 Å². The number of benzene rings is 1. The summed E-state index contributed by atoms with van der Waals surface area (Å²) in [5, 5.41) is 12.7. The van der Waals surface area contributed by atoms with E-state index in [0.29, 0.717) is 11.7 Å². The molecule has 0 amide bonds. The molecule has 1 aromatic carbocycles. The molecular formula is C13H14N2O2S. The second-order valence-corrected chi connectivity index (χ2v) is 5.21. The Labute approximate surface area is 109 Å². The highest BCUT2D eigenvalue weighted by Gasteiger charge is 2.13. The zero-order valence-electron chi connectivity index (χ0n) is 10.2. The zero-order valence-corrected chi connectivity index (χ0v) is 11.0. The number of aryl methyl sites for hydroxylation is 2. The van der Waals surface area contributed by atoms with Crippen molar-refractivity contribution in [1.82, 2.24) is 4.98 Å². The van der Waals surface area contributed by atoms with Crippen LogP contribution < -0.4 is 5.32 Å². The predicted molar refractivity (Wildman–Crippen MR) is 72.3 cm³/mol. The first-order chi connectivity index (χ1) is 8.58. The van der Waals surface area contributed by atoms with Crippen LogP contribution in [-0.4, -0.2) is 16.1 Å². The Morgan fingerprint density at radius 2 is 2.11 bits per heavy atom. The van der Waals surface area contributed by atoms with Gasteiger partial charge >= 0.3 is 5.97 Å². The number of aromatic carboxylic acids is 1. The van der Waals surface area contributed by atoms with Gasteiger partial charge < -0.3 is 10.4 Å². The number of carbonyl (C=O) groups is 1. The maximum absolute atomic E-state index is 10.9. The van der Waals surface area contributed by atoms with E-state index in [4.69, 9.17) is 5.11 Å². The van der Waals surface area contributed by atoms with Gasteiger partial charge in [0.05, 0.1) is 0 Å². The Hall–Kier alpha value is -1.88. The van der Waals surface area contributed by atoms with Crippen LogP contribution in [0.3, 0.4) is 0 Å². The van der Waals surface area contributed by atoms with Gasteiger partial charge in [-0.05, 0) is 25.0 Å². The molecule has 4 nitrogen and oxygen atoms in total. The number of nitrogens with one attached hydrogen (secondary N) is 1. The van der Waals surface area contributed by atoms with Gasteiger partial charge in [-0.3, -0.25) is 0 Å². The summed E-state index contributed by atoms with van der Waals surface area (Å²) in [7, 11) is 0. The van der Waals surface area contributed by atoms with E-state index in [0.717, 1.165) is 4.88 Å². The van der Waals surface area contributed by atoms with E-state index in [-0.39, 0.29) is 5.69 Å². The van der Waals surface area contributed by atoms with Crippen LogP contribution in [0.15, 0.2) is 24.3 Å². The maximum atomic E-state index is 10.9. The SMILES string of the molecule is Cc1ccccc1CNc1nc(C(=O)O)c(C)s1. The standard InChI is InChI=1S/C13H14N2O2S/c1-8-5-3-4-6-10(8)7-14-13-15-11(12(16)17)9(2)18-13/h3-6H,7H2,1-2H3,(H,14,15)(H,16,17). The van der Waals surface area contributed by atoms with Gasteiger partial charge in [0.25, 0.3) is 0 Å². The Bertz CT molecular complexity index is 578. The van der Waals surface area contributed by atoms with E-state index in [1.807, 2.05) is 31.2 Å². The molecule has 0 radical (unpaired) electrons. The van der Waals surface area contributed by atoms with Gasteiger partial charge in [-0.2, -0.15) is 0 Å². The lowest BCUT2D eigenvalue weighted by Gasteiger charge is -2.05. The monoisotopic (exact) mass is 262 g/mol. The summed E-state index contributed by atoms with van der Waals surface area (Å²) in [5.74, 6) is -0.979. The molecule has 2 rings (SSSR count). The van der Waals surface area contributed by atoms with Gasteiger partial charge in [0.2, 0.25) is 0 Å². The fourth-order valence-electron chi connectivity index (χ4n) is 1.65. The fourth-order valence-corrected chi connectivity index (χ4v) is 2.45. The zero-order chi connectivity index (χ0) is 13.1. The molecule has 0 bridgehead atoms. The van der Waals surface area contributed by atoms with E-state index in [1.165, 1.54) is 22.5 Å². The highest BCUT2D eigenvalue weighted by molar-refractivity contribution is 7.15. The Morgan fingerprint density at radius 3 is 2.72 bits per heavy atom. The summed E-state index contributed by atoms with van der Waals surface area (Å²) < 4.78 is 0. The summed E-state index contributed by atoms with van der Waals surface area (Å²) in [6.45, 7) is 4.46. The molecule has 94 valence electrons. The van der Waals surface area contributed by atoms with Crippen molar-refractivity contribution in [1.29, 1.82) is 0 Å². The normalized spacial score (nSPS) is 10.3. The van der Waals surface area contributed by atoms with Crippen LogP contribution in [-0.2, 0) is 6.54 Å². The smallest absolute Gasteiger partial charge is 0.355 e. The Morgan fingerprint density at radius 1 is 1.39 bits per heavy atom. The first-order valence-corrected chi connectivity index (χ1v) is 6.38. The summed E-state index contributed by atoms with van der Waals surface area (Å²) in [6.07, 6.45) is 0. The molecular weight excluding hydrogens is 248 g/mol. The number of hydrogen-bond donors (Lipinski definition) is 2. The van der Waals surface area contributed by atoms with E-state index in [2.05, 4.69) is 10.3 Å². The average molecular weight is 262 g/mol. The first-order valence-electron chi connectivity index (χ1n) is 5.57. The molecule has 18 heavy (non-hydrogen) atoms. The molecule has 0 saturated heterocycles. The third-order valence-electron chi connectivity index (χ3n) is 2.69. The van der Waals surface area contributed by atoms with Crippen LogP contribution >= 0.6 is 11.3 Å². The van der Waals surface area contributed by atoms with Crippen LogP contribution in [0.4, 0.5) is 5.13 Å². The quantitative estimate of drug-likeness (QED) is 0.889. The minimum absolute atomic E-state index is 0.132. The highest BCUT2D eigenvalue weighted by Crippen LogP contribution is 2.22. The Kier molecular flexibility index (Phi) is 3.62. The van der Waals surface area contributed by atoms with Crippen LogP contribution in [0, 0.1) is 13.8 Å². The van der Waals surface area contributed by atoms with Gasteiger partial charge in [0.15, 0.2) is 10.8 Å². The van der Waals surface area contributed by atoms with Gasteiger partial charge in [-0.15, -0.1) is 11.3 Å². The predicted octanol–water partition coefficient (Wildman–Crippen LogP) is 3.07. The molecule has 5 heteroatoms. The molecule has 0 aliphatic heterocycles. The molecule has 0 atom stereocenters.